The molecule has 0 N–H and O–H groups in total. The minimum Gasteiger partial charge on any atom is -0.336 e. The van der Waals surface area contributed by atoms with Crippen LogP contribution in [0.5, 0.6) is 0 Å². The number of carbonyl (C=O) groups excluding carboxylic acids is 1. The van der Waals surface area contributed by atoms with Gasteiger partial charge >= 0.3 is 0 Å². The zero-order valence-electron chi connectivity index (χ0n) is 9.63. The summed E-state index contributed by atoms with van der Waals surface area (Å²) in [6.07, 6.45) is 0. The van der Waals surface area contributed by atoms with E-state index < -0.39 is 0 Å². The first-order valence-electron chi connectivity index (χ1n) is 5.13. The molecular weight excluding hydrogens is 245 g/mol. The van der Waals surface area contributed by atoms with Gasteiger partial charge < -0.3 is 4.90 Å². The van der Waals surface area contributed by atoms with Crippen LogP contribution in [0, 0.1) is 0 Å². The molecule has 0 aliphatic heterocycles. The van der Waals surface area contributed by atoms with Crippen LogP contribution in [-0.4, -0.2) is 16.8 Å². The van der Waals surface area contributed by atoms with Gasteiger partial charge in [0.05, 0.1) is 10.0 Å². The van der Waals surface area contributed by atoms with Gasteiger partial charge in [0, 0.05) is 19.5 Å². The van der Waals surface area contributed by atoms with Crippen LogP contribution < -0.4 is 0 Å². The summed E-state index contributed by atoms with van der Waals surface area (Å²) in [6, 6.07) is 5.60. The second-order valence-corrected chi connectivity index (χ2v) is 4.80. The van der Waals surface area contributed by atoms with Crippen molar-refractivity contribution in [3.63, 3.8) is 0 Å². The summed E-state index contributed by atoms with van der Waals surface area (Å²) in [7, 11) is 0. The Morgan fingerprint density at radius 1 is 1.31 bits per heavy atom. The lowest BCUT2D eigenvalue weighted by Gasteiger charge is -2.25. The fourth-order valence-corrected chi connectivity index (χ4v) is 1.81. The predicted octanol–water partition coefficient (Wildman–Crippen LogP) is 3.75. The van der Waals surface area contributed by atoms with Gasteiger partial charge in [-0.25, -0.2) is 0 Å². The number of amides is 1. The summed E-state index contributed by atoms with van der Waals surface area (Å²) in [6.45, 7) is 6.10. The highest BCUT2D eigenvalue weighted by atomic mass is 35.5. The van der Waals surface area contributed by atoms with Crippen LogP contribution in [0.1, 0.15) is 26.3 Å². The van der Waals surface area contributed by atoms with Gasteiger partial charge in [-0.3, -0.25) is 4.79 Å². The molecule has 88 valence electrons. The first-order chi connectivity index (χ1) is 7.41. The average molecular weight is 260 g/mol. The summed E-state index contributed by atoms with van der Waals surface area (Å²) in [4.78, 5) is 13.2. The zero-order chi connectivity index (χ0) is 12.3. The maximum absolute atomic E-state index is 11.4. The van der Waals surface area contributed by atoms with E-state index in [2.05, 4.69) is 0 Å². The highest BCUT2D eigenvalue weighted by molar-refractivity contribution is 6.42. The third kappa shape index (κ3) is 3.39. The van der Waals surface area contributed by atoms with Crippen LogP contribution >= 0.6 is 23.2 Å². The number of benzene rings is 1. The number of rotatable bonds is 3. The van der Waals surface area contributed by atoms with Crippen molar-refractivity contribution in [1.29, 1.82) is 0 Å². The largest absolute Gasteiger partial charge is 0.336 e. The molecule has 0 unspecified atom stereocenters. The molecule has 0 aromatic heterocycles. The Morgan fingerprint density at radius 3 is 2.38 bits per heavy atom. The quantitative estimate of drug-likeness (QED) is 0.810. The van der Waals surface area contributed by atoms with Crippen LogP contribution in [0.4, 0.5) is 0 Å². The fourth-order valence-electron chi connectivity index (χ4n) is 1.49. The molecule has 0 atom stereocenters. The average Bonchev–Trinajstić information content (AvgIpc) is 2.18. The van der Waals surface area contributed by atoms with E-state index in [0.717, 1.165) is 5.56 Å². The SMILES string of the molecule is CC(=O)N(Cc1ccc(Cl)c(Cl)c1)C(C)C. The van der Waals surface area contributed by atoms with Gasteiger partial charge in [0.1, 0.15) is 0 Å². The third-order valence-electron chi connectivity index (χ3n) is 2.36. The molecule has 2 nitrogen and oxygen atoms in total. The number of nitrogens with zero attached hydrogens (tertiary/aromatic N) is 1. The molecule has 4 heteroatoms. The number of hydrogen-bond acceptors (Lipinski definition) is 1. The zero-order valence-corrected chi connectivity index (χ0v) is 11.1. The van der Waals surface area contributed by atoms with E-state index in [1.165, 1.54) is 0 Å². The van der Waals surface area contributed by atoms with Crippen LogP contribution in [0.3, 0.4) is 0 Å². The van der Waals surface area contributed by atoms with Crippen molar-refractivity contribution in [2.45, 2.75) is 33.4 Å². The summed E-state index contributed by atoms with van der Waals surface area (Å²) in [5, 5.41) is 1.05. The molecule has 0 spiro atoms. The maximum Gasteiger partial charge on any atom is 0.219 e. The van der Waals surface area contributed by atoms with E-state index in [4.69, 9.17) is 23.2 Å². The summed E-state index contributed by atoms with van der Waals surface area (Å²) in [5.74, 6) is 0.0565. The highest BCUT2D eigenvalue weighted by Gasteiger charge is 2.13. The fraction of sp³-hybridized carbons (Fsp3) is 0.417. The van der Waals surface area contributed by atoms with Gasteiger partial charge in [-0.15, -0.1) is 0 Å². The lowest BCUT2D eigenvalue weighted by atomic mass is 10.2. The monoisotopic (exact) mass is 259 g/mol. The first-order valence-corrected chi connectivity index (χ1v) is 5.88. The van der Waals surface area contributed by atoms with Crippen molar-refractivity contribution in [3.8, 4) is 0 Å². The number of carbonyl (C=O) groups is 1. The van der Waals surface area contributed by atoms with Crippen molar-refractivity contribution in [2.75, 3.05) is 0 Å². The molecule has 0 heterocycles. The van der Waals surface area contributed by atoms with Crippen molar-refractivity contribution >= 4 is 29.1 Å². The minimum atomic E-state index is 0.0565. The van der Waals surface area contributed by atoms with Gasteiger partial charge in [0.2, 0.25) is 5.91 Å². The molecule has 0 bridgehead atoms. The molecule has 1 rings (SSSR count). The molecule has 1 amide bonds. The molecule has 1 aromatic rings. The smallest absolute Gasteiger partial charge is 0.219 e. The lowest BCUT2D eigenvalue weighted by Crippen LogP contribution is -2.34. The van der Waals surface area contributed by atoms with Crippen LogP contribution in [-0.2, 0) is 11.3 Å². The second-order valence-electron chi connectivity index (χ2n) is 3.99. The second kappa shape index (κ2) is 5.55. The summed E-state index contributed by atoms with van der Waals surface area (Å²) < 4.78 is 0. The Balaban J connectivity index is 2.86. The van der Waals surface area contributed by atoms with Crippen LogP contribution in [0.2, 0.25) is 10.0 Å². The van der Waals surface area contributed by atoms with E-state index in [1.54, 1.807) is 24.0 Å². The molecule has 0 aliphatic carbocycles. The van der Waals surface area contributed by atoms with Gasteiger partial charge in [-0.2, -0.15) is 0 Å². The van der Waals surface area contributed by atoms with E-state index in [1.807, 2.05) is 19.9 Å². The van der Waals surface area contributed by atoms with Crippen molar-refractivity contribution in [3.05, 3.63) is 33.8 Å². The maximum atomic E-state index is 11.4. The molecule has 0 saturated carbocycles. The minimum absolute atomic E-state index is 0.0565. The Bertz CT molecular complexity index is 391. The van der Waals surface area contributed by atoms with Gasteiger partial charge in [-0.1, -0.05) is 29.3 Å². The van der Waals surface area contributed by atoms with Gasteiger partial charge in [-0.05, 0) is 31.5 Å². The molecule has 1 aromatic carbocycles. The van der Waals surface area contributed by atoms with Crippen molar-refractivity contribution in [2.24, 2.45) is 0 Å². The van der Waals surface area contributed by atoms with Crippen molar-refractivity contribution < 1.29 is 4.79 Å². The van der Waals surface area contributed by atoms with E-state index in [-0.39, 0.29) is 11.9 Å². The predicted molar refractivity (Wildman–Crippen MR) is 67.8 cm³/mol. The van der Waals surface area contributed by atoms with Gasteiger partial charge in [0.15, 0.2) is 0 Å². The summed E-state index contributed by atoms with van der Waals surface area (Å²) in [5.41, 5.74) is 0.985. The first kappa shape index (κ1) is 13.3. The molecule has 0 radical (unpaired) electrons. The van der Waals surface area contributed by atoms with Crippen LogP contribution in [0.25, 0.3) is 0 Å². The molecule has 0 saturated heterocycles. The number of hydrogen-bond donors (Lipinski definition) is 0. The number of halogens is 2. The lowest BCUT2D eigenvalue weighted by molar-refractivity contribution is -0.131. The molecule has 0 fully saturated rings. The van der Waals surface area contributed by atoms with Crippen molar-refractivity contribution in [1.82, 2.24) is 4.90 Å². The molecular formula is C12H15Cl2NO. The summed E-state index contributed by atoms with van der Waals surface area (Å²) >= 11 is 11.8. The molecule has 0 aliphatic rings. The standard InChI is InChI=1S/C12H15Cl2NO/c1-8(2)15(9(3)16)7-10-4-5-11(13)12(14)6-10/h4-6,8H,7H2,1-3H3. The molecule has 16 heavy (non-hydrogen) atoms. The highest BCUT2D eigenvalue weighted by Crippen LogP contribution is 2.23. The van der Waals surface area contributed by atoms with E-state index in [9.17, 15) is 4.79 Å². The van der Waals surface area contributed by atoms with Crippen LogP contribution in [0.15, 0.2) is 18.2 Å². The third-order valence-corrected chi connectivity index (χ3v) is 3.10. The van der Waals surface area contributed by atoms with E-state index in [0.29, 0.717) is 16.6 Å². The Kier molecular flexibility index (Phi) is 4.63. The Hall–Kier alpha value is -0.730. The van der Waals surface area contributed by atoms with E-state index >= 15 is 0 Å². The normalized spacial score (nSPS) is 10.6. The van der Waals surface area contributed by atoms with Gasteiger partial charge in [0.25, 0.3) is 0 Å². The Morgan fingerprint density at radius 2 is 1.94 bits per heavy atom. The Labute approximate surface area is 106 Å². The topological polar surface area (TPSA) is 20.3 Å².